The first-order valence-electron chi connectivity index (χ1n) is 8.38. The van der Waals surface area contributed by atoms with E-state index in [1.54, 1.807) is 10.6 Å². The molecule has 0 unspecified atom stereocenters. The molecule has 1 N–H and O–H groups in total. The fraction of sp³-hybridized carbons (Fsp3) is 0.111. The summed E-state index contributed by atoms with van der Waals surface area (Å²) in [6.07, 6.45) is 0. The molecule has 2 aromatic heterocycles. The fourth-order valence-electron chi connectivity index (χ4n) is 2.71. The molecule has 1 amide bonds. The summed E-state index contributed by atoms with van der Waals surface area (Å²) in [7, 11) is 0. The average molecular weight is 429 g/mol. The number of benzene rings is 2. The van der Waals surface area contributed by atoms with Gasteiger partial charge in [0.25, 0.3) is 11.6 Å². The Morgan fingerprint density at radius 3 is 2.72 bits per heavy atom. The number of nitrogens with one attached hydrogen (secondary N) is 1. The van der Waals surface area contributed by atoms with Gasteiger partial charge < -0.3 is 5.32 Å². The number of nitro benzene ring substituents is 1. The number of aromatic nitrogens is 4. The van der Waals surface area contributed by atoms with Gasteiger partial charge in [0.2, 0.25) is 4.96 Å². The maximum absolute atomic E-state index is 12.6. The van der Waals surface area contributed by atoms with Crippen LogP contribution < -0.4 is 5.32 Å². The lowest BCUT2D eigenvalue weighted by Gasteiger charge is -2.10. The Balaban J connectivity index is 1.65. The number of aryl methyl sites for hydroxylation is 2. The van der Waals surface area contributed by atoms with Crippen LogP contribution in [0, 0.1) is 24.0 Å². The van der Waals surface area contributed by atoms with Gasteiger partial charge in [-0.3, -0.25) is 14.9 Å². The summed E-state index contributed by atoms with van der Waals surface area (Å²) in [4.78, 5) is 23.7. The Hall–Kier alpha value is -3.37. The first-order valence-corrected chi connectivity index (χ1v) is 9.58. The molecule has 2 heterocycles. The summed E-state index contributed by atoms with van der Waals surface area (Å²) in [5.74, 6) is 0.214. The molecule has 0 saturated heterocycles. The van der Waals surface area contributed by atoms with Crippen molar-refractivity contribution in [3.63, 3.8) is 0 Å². The number of rotatable bonds is 4. The van der Waals surface area contributed by atoms with E-state index in [-0.39, 0.29) is 16.3 Å². The molecule has 0 aliphatic rings. The van der Waals surface area contributed by atoms with Crippen LogP contribution >= 0.6 is 22.9 Å². The van der Waals surface area contributed by atoms with E-state index in [2.05, 4.69) is 20.6 Å². The molecule has 146 valence electrons. The number of carbonyl (C=O) groups excluding carboxylic acids is 1. The molecule has 4 aromatic rings. The molecule has 9 nitrogen and oxygen atoms in total. The van der Waals surface area contributed by atoms with Crippen LogP contribution in [0.15, 0.2) is 36.4 Å². The largest absolute Gasteiger partial charge is 0.322 e. The van der Waals surface area contributed by atoms with Crippen LogP contribution in [0.1, 0.15) is 21.7 Å². The van der Waals surface area contributed by atoms with E-state index in [4.69, 9.17) is 11.6 Å². The predicted molar refractivity (Wildman–Crippen MR) is 110 cm³/mol. The predicted octanol–water partition coefficient (Wildman–Crippen LogP) is 4.28. The molecular weight excluding hydrogens is 416 g/mol. The van der Waals surface area contributed by atoms with Crippen LogP contribution in [-0.2, 0) is 0 Å². The second-order valence-electron chi connectivity index (χ2n) is 6.26. The standard InChI is InChI=1S/C18H13ClN6O3S/c1-9-3-4-12(17-23-24-10(2)21-22-18(24)29-17)7-14(9)20-16(26)11-5-6-13(19)15(8-11)25(27)28/h3-8H,1-2H3,(H,20,26). The van der Waals surface area contributed by atoms with Crippen molar-refractivity contribution in [3.05, 3.63) is 68.5 Å². The number of fused-ring (bicyclic) bond motifs is 1. The lowest BCUT2D eigenvalue weighted by molar-refractivity contribution is -0.384. The van der Waals surface area contributed by atoms with E-state index in [1.165, 1.54) is 23.5 Å². The van der Waals surface area contributed by atoms with E-state index >= 15 is 0 Å². The molecule has 29 heavy (non-hydrogen) atoms. The van der Waals surface area contributed by atoms with Crippen LogP contribution in [0.2, 0.25) is 5.02 Å². The lowest BCUT2D eigenvalue weighted by Crippen LogP contribution is -2.13. The monoisotopic (exact) mass is 428 g/mol. The number of hydrogen-bond acceptors (Lipinski definition) is 7. The Morgan fingerprint density at radius 1 is 1.21 bits per heavy atom. The Morgan fingerprint density at radius 2 is 2.00 bits per heavy atom. The summed E-state index contributed by atoms with van der Waals surface area (Å²) in [5.41, 5.74) is 2.04. The van der Waals surface area contributed by atoms with Gasteiger partial charge in [0.15, 0.2) is 5.82 Å². The smallest absolute Gasteiger partial charge is 0.288 e. The highest BCUT2D eigenvalue weighted by Gasteiger charge is 2.18. The van der Waals surface area contributed by atoms with Gasteiger partial charge in [0, 0.05) is 22.9 Å². The van der Waals surface area contributed by atoms with Crippen molar-refractivity contribution in [2.45, 2.75) is 13.8 Å². The molecule has 0 atom stereocenters. The van der Waals surface area contributed by atoms with Crippen molar-refractivity contribution < 1.29 is 9.72 Å². The Bertz CT molecular complexity index is 1280. The third-order valence-corrected chi connectivity index (χ3v) is 5.55. The van der Waals surface area contributed by atoms with Crippen molar-refractivity contribution in [2.24, 2.45) is 0 Å². The van der Waals surface area contributed by atoms with Gasteiger partial charge >= 0.3 is 0 Å². The molecule has 0 spiro atoms. The molecule has 0 bridgehead atoms. The summed E-state index contributed by atoms with van der Waals surface area (Å²) in [5, 5.41) is 27.1. The lowest BCUT2D eigenvalue weighted by atomic mass is 10.1. The second-order valence-corrected chi connectivity index (χ2v) is 7.62. The van der Waals surface area contributed by atoms with Crippen LogP contribution in [0.5, 0.6) is 0 Å². The third kappa shape index (κ3) is 3.55. The van der Waals surface area contributed by atoms with Crippen LogP contribution in [0.3, 0.4) is 0 Å². The van der Waals surface area contributed by atoms with E-state index in [0.29, 0.717) is 16.5 Å². The quantitative estimate of drug-likeness (QED) is 0.383. The van der Waals surface area contributed by atoms with Gasteiger partial charge in [-0.15, -0.1) is 10.2 Å². The van der Waals surface area contributed by atoms with Crippen molar-refractivity contribution in [3.8, 4) is 10.6 Å². The SMILES string of the molecule is Cc1ccc(-c2nn3c(C)nnc3s2)cc1NC(=O)c1ccc(Cl)c([N+](=O)[O-])c1. The zero-order chi connectivity index (χ0) is 20.7. The first-order chi connectivity index (χ1) is 13.8. The van der Waals surface area contributed by atoms with Crippen molar-refractivity contribution in [1.29, 1.82) is 0 Å². The highest BCUT2D eigenvalue weighted by molar-refractivity contribution is 7.19. The molecular formula is C18H13ClN6O3S. The number of halogens is 1. The van der Waals surface area contributed by atoms with Crippen molar-refractivity contribution >= 4 is 45.2 Å². The number of amides is 1. The van der Waals surface area contributed by atoms with Crippen LogP contribution in [0.4, 0.5) is 11.4 Å². The van der Waals surface area contributed by atoms with Crippen LogP contribution in [-0.4, -0.2) is 30.6 Å². The maximum Gasteiger partial charge on any atom is 0.288 e. The topological polar surface area (TPSA) is 115 Å². The number of nitrogens with zero attached hydrogens (tertiary/aromatic N) is 5. The molecule has 0 fully saturated rings. The maximum atomic E-state index is 12.6. The van der Waals surface area contributed by atoms with Gasteiger partial charge in [-0.1, -0.05) is 35.1 Å². The number of carbonyl (C=O) groups is 1. The van der Waals surface area contributed by atoms with Gasteiger partial charge in [-0.05, 0) is 37.6 Å². The van der Waals surface area contributed by atoms with Crippen molar-refractivity contribution in [2.75, 3.05) is 5.32 Å². The normalized spacial score (nSPS) is 11.0. The van der Waals surface area contributed by atoms with E-state index in [0.717, 1.165) is 22.2 Å². The third-order valence-electron chi connectivity index (χ3n) is 4.28. The minimum atomic E-state index is -0.624. The van der Waals surface area contributed by atoms with Gasteiger partial charge in [-0.2, -0.15) is 9.61 Å². The first kappa shape index (κ1) is 19.0. The van der Waals surface area contributed by atoms with Gasteiger partial charge in [0.1, 0.15) is 10.0 Å². The summed E-state index contributed by atoms with van der Waals surface area (Å²) in [6.45, 7) is 3.67. The fourth-order valence-corrected chi connectivity index (χ4v) is 3.78. The van der Waals surface area contributed by atoms with E-state index in [1.807, 2.05) is 26.0 Å². The zero-order valence-corrected chi connectivity index (χ0v) is 16.8. The molecule has 2 aromatic carbocycles. The van der Waals surface area contributed by atoms with Gasteiger partial charge in [-0.25, -0.2) is 0 Å². The molecule has 4 rings (SSSR count). The van der Waals surface area contributed by atoms with Gasteiger partial charge in [0.05, 0.1) is 4.92 Å². The Kier molecular flexibility index (Phi) is 4.73. The minimum Gasteiger partial charge on any atom is -0.322 e. The number of nitro groups is 1. The number of hydrogen-bond donors (Lipinski definition) is 1. The highest BCUT2D eigenvalue weighted by atomic mass is 35.5. The van der Waals surface area contributed by atoms with Crippen molar-refractivity contribution in [1.82, 2.24) is 19.8 Å². The minimum absolute atomic E-state index is 0.0247. The zero-order valence-electron chi connectivity index (χ0n) is 15.2. The second kappa shape index (κ2) is 7.22. The summed E-state index contributed by atoms with van der Waals surface area (Å²) in [6, 6.07) is 9.50. The molecule has 11 heteroatoms. The summed E-state index contributed by atoms with van der Waals surface area (Å²) >= 11 is 7.20. The highest BCUT2D eigenvalue weighted by Crippen LogP contribution is 2.30. The average Bonchev–Trinajstić information content (AvgIpc) is 3.26. The molecule has 0 aliphatic carbocycles. The molecule has 0 aliphatic heterocycles. The Labute approximate surface area is 173 Å². The van der Waals surface area contributed by atoms with Crippen LogP contribution in [0.25, 0.3) is 15.5 Å². The summed E-state index contributed by atoms with van der Waals surface area (Å²) < 4.78 is 1.66. The molecule has 0 radical (unpaired) electrons. The van der Waals surface area contributed by atoms with E-state index in [9.17, 15) is 14.9 Å². The number of anilines is 1. The molecule has 0 saturated carbocycles. The van der Waals surface area contributed by atoms with E-state index < -0.39 is 10.8 Å².